The van der Waals surface area contributed by atoms with Crippen LogP contribution in [-0.2, 0) is 4.74 Å². The maximum Gasteiger partial charge on any atom is 0.0726 e. The highest BCUT2D eigenvalue weighted by atomic mass is 16.5. The molecular formula is C12H23NO. The van der Waals surface area contributed by atoms with Gasteiger partial charge in [0.05, 0.1) is 6.10 Å². The molecule has 2 rings (SSSR count). The number of hydrogen-bond donors (Lipinski definition) is 0. The second-order valence-electron chi connectivity index (χ2n) is 4.72. The molecule has 1 aliphatic heterocycles. The lowest BCUT2D eigenvalue weighted by molar-refractivity contribution is -0.0171. The molecule has 0 radical (unpaired) electrons. The fourth-order valence-electron chi connectivity index (χ4n) is 3.02. The smallest absolute Gasteiger partial charge is 0.0726 e. The molecule has 2 nitrogen and oxygen atoms in total. The van der Waals surface area contributed by atoms with Gasteiger partial charge in [-0.25, -0.2) is 0 Å². The zero-order valence-corrected chi connectivity index (χ0v) is 9.37. The van der Waals surface area contributed by atoms with Gasteiger partial charge in [0.15, 0.2) is 0 Å². The second-order valence-corrected chi connectivity index (χ2v) is 4.72. The van der Waals surface area contributed by atoms with E-state index in [1.807, 2.05) is 7.11 Å². The Morgan fingerprint density at radius 1 is 0.929 bits per heavy atom. The van der Waals surface area contributed by atoms with Crippen LogP contribution >= 0.6 is 0 Å². The number of nitrogens with zero attached hydrogens (tertiary/aromatic N) is 1. The standard InChI is InChI=1S/C12H23NO/c1-14-12-8-4-3-7-11(12)13-9-5-2-6-10-13/h11-12H,2-10H2,1H3/t11-,12-/m1/s1. The third-order valence-corrected chi connectivity index (χ3v) is 3.83. The van der Waals surface area contributed by atoms with Crippen LogP contribution in [0.25, 0.3) is 0 Å². The van der Waals surface area contributed by atoms with Crippen LogP contribution < -0.4 is 0 Å². The maximum absolute atomic E-state index is 5.62. The summed E-state index contributed by atoms with van der Waals surface area (Å²) in [4.78, 5) is 2.68. The highest BCUT2D eigenvalue weighted by Crippen LogP contribution is 2.27. The van der Waals surface area contributed by atoms with Gasteiger partial charge in [-0.15, -0.1) is 0 Å². The van der Waals surface area contributed by atoms with Crippen molar-refractivity contribution in [3.05, 3.63) is 0 Å². The lowest BCUT2D eigenvalue weighted by Gasteiger charge is -2.41. The zero-order valence-electron chi connectivity index (χ0n) is 9.37. The number of ether oxygens (including phenoxy) is 1. The molecule has 2 aliphatic rings. The fraction of sp³-hybridized carbons (Fsp3) is 1.00. The number of methoxy groups -OCH3 is 1. The predicted molar refractivity (Wildman–Crippen MR) is 58.5 cm³/mol. The Morgan fingerprint density at radius 3 is 2.36 bits per heavy atom. The molecule has 0 N–H and O–H groups in total. The summed E-state index contributed by atoms with van der Waals surface area (Å²) >= 11 is 0. The normalized spacial score (nSPS) is 35.8. The van der Waals surface area contributed by atoms with Gasteiger partial charge in [-0.2, -0.15) is 0 Å². The van der Waals surface area contributed by atoms with Crippen LogP contribution in [0.4, 0.5) is 0 Å². The van der Waals surface area contributed by atoms with Gasteiger partial charge in [-0.3, -0.25) is 4.90 Å². The lowest BCUT2D eigenvalue weighted by atomic mass is 9.90. The van der Waals surface area contributed by atoms with Gasteiger partial charge < -0.3 is 4.74 Å². The van der Waals surface area contributed by atoms with E-state index in [0.717, 1.165) is 6.04 Å². The molecular weight excluding hydrogens is 174 g/mol. The molecule has 82 valence electrons. The third-order valence-electron chi connectivity index (χ3n) is 3.83. The summed E-state index contributed by atoms with van der Waals surface area (Å²) in [6.45, 7) is 2.62. The Morgan fingerprint density at radius 2 is 1.64 bits per heavy atom. The van der Waals surface area contributed by atoms with E-state index in [1.54, 1.807) is 0 Å². The third kappa shape index (κ3) is 2.29. The summed E-state index contributed by atoms with van der Waals surface area (Å²) in [6, 6.07) is 0.731. The van der Waals surface area contributed by atoms with Crippen molar-refractivity contribution in [2.75, 3.05) is 20.2 Å². The maximum atomic E-state index is 5.62. The minimum absolute atomic E-state index is 0.516. The van der Waals surface area contributed by atoms with Gasteiger partial charge in [0.1, 0.15) is 0 Å². The first-order chi connectivity index (χ1) is 6.92. The first-order valence-electron chi connectivity index (χ1n) is 6.18. The molecule has 14 heavy (non-hydrogen) atoms. The van der Waals surface area contributed by atoms with E-state index >= 15 is 0 Å². The minimum Gasteiger partial charge on any atom is -0.380 e. The zero-order chi connectivity index (χ0) is 9.80. The average Bonchev–Trinajstić information content (AvgIpc) is 2.30. The van der Waals surface area contributed by atoms with E-state index in [4.69, 9.17) is 4.74 Å². The van der Waals surface area contributed by atoms with Crippen molar-refractivity contribution in [1.29, 1.82) is 0 Å². The van der Waals surface area contributed by atoms with Gasteiger partial charge in [0.25, 0.3) is 0 Å². The van der Waals surface area contributed by atoms with Crippen molar-refractivity contribution >= 4 is 0 Å². The van der Waals surface area contributed by atoms with Crippen LogP contribution in [0.2, 0.25) is 0 Å². The molecule has 1 heterocycles. The second kappa shape index (κ2) is 5.13. The molecule has 2 atom stereocenters. The summed E-state index contributed by atoms with van der Waals surface area (Å²) in [5.41, 5.74) is 0. The van der Waals surface area contributed by atoms with Crippen LogP contribution in [0, 0.1) is 0 Å². The van der Waals surface area contributed by atoms with Crippen LogP contribution in [-0.4, -0.2) is 37.2 Å². The van der Waals surface area contributed by atoms with Gasteiger partial charge in [0.2, 0.25) is 0 Å². The van der Waals surface area contributed by atoms with Crippen molar-refractivity contribution in [1.82, 2.24) is 4.90 Å². The van der Waals surface area contributed by atoms with Crippen molar-refractivity contribution in [3.63, 3.8) is 0 Å². The summed E-state index contributed by atoms with van der Waals surface area (Å²) in [5.74, 6) is 0. The number of likely N-dealkylation sites (tertiary alicyclic amines) is 1. The Bertz CT molecular complexity index is 166. The predicted octanol–water partition coefficient (Wildman–Crippen LogP) is 2.43. The Hall–Kier alpha value is -0.0800. The highest BCUT2D eigenvalue weighted by molar-refractivity contribution is 4.85. The van der Waals surface area contributed by atoms with Crippen LogP contribution in [0.1, 0.15) is 44.9 Å². The molecule has 1 aliphatic carbocycles. The molecule has 0 amide bonds. The van der Waals surface area contributed by atoms with Gasteiger partial charge >= 0.3 is 0 Å². The molecule has 2 fully saturated rings. The largest absolute Gasteiger partial charge is 0.380 e. The van der Waals surface area contributed by atoms with E-state index in [2.05, 4.69) is 4.90 Å². The van der Waals surface area contributed by atoms with E-state index in [-0.39, 0.29) is 0 Å². The van der Waals surface area contributed by atoms with E-state index in [0.29, 0.717) is 6.10 Å². The molecule has 0 unspecified atom stereocenters. The molecule has 0 aromatic carbocycles. The molecule has 0 spiro atoms. The fourth-order valence-corrected chi connectivity index (χ4v) is 3.02. The van der Waals surface area contributed by atoms with Crippen LogP contribution in [0.5, 0.6) is 0 Å². The topological polar surface area (TPSA) is 12.5 Å². The number of piperidine rings is 1. The Kier molecular flexibility index (Phi) is 3.82. The quantitative estimate of drug-likeness (QED) is 0.674. The van der Waals surface area contributed by atoms with Gasteiger partial charge in [-0.05, 0) is 38.8 Å². The number of rotatable bonds is 2. The SMILES string of the molecule is CO[C@@H]1CCCC[C@H]1N1CCCCC1. The number of hydrogen-bond acceptors (Lipinski definition) is 2. The summed E-state index contributed by atoms with van der Waals surface area (Å²) in [5, 5.41) is 0. The van der Waals surface area contributed by atoms with Gasteiger partial charge in [-0.1, -0.05) is 19.3 Å². The minimum atomic E-state index is 0.516. The van der Waals surface area contributed by atoms with Crippen molar-refractivity contribution in [3.8, 4) is 0 Å². The molecule has 0 aromatic heterocycles. The molecule has 1 saturated heterocycles. The van der Waals surface area contributed by atoms with Crippen LogP contribution in [0.15, 0.2) is 0 Å². The highest BCUT2D eigenvalue weighted by Gasteiger charge is 2.30. The first-order valence-corrected chi connectivity index (χ1v) is 6.18. The van der Waals surface area contributed by atoms with Crippen molar-refractivity contribution < 1.29 is 4.74 Å². The lowest BCUT2D eigenvalue weighted by Crippen LogP contribution is -2.48. The molecule has 2 heteroatoms. The molecule has 1 saturated carbocycles. The molecule has 0 aromatic rings. The van der Waals surface area contributed by atoms with E-state index < -0.39 is 0 Å². The summed E-state index contributed by atoms with van der Waals surface area (Å²) in [7, 11) is 1.88. The monoisotopic (exact) mass is 197 g/mol. The summed E-state index contributed by atoms with van der Waals surface area (Å²) < 4.78 is 5.62. The van der Waals surface area contributed by atoms with Crippen molar-refractivity contribution in [2.45, 2.75) is 57.1 Å². The molecule has 0 bridgehead atoms. The Labute approximate surface area is 87.6 Å². The summed E-state index contributed by atoms with van der Waals surface area (Å²) in [6.07, 6.45) is 10.1. The first kappa shape index (κ1) is 10.4. The van der Waals surface area contributed by atoms with Crippen molar-refractivity contribution in [2.24, 2.45) is 0 Å². The van der Waals surface area contributed by atoms with Gasteiger partial charge in [0, 0.05) is 13.2 Å². The Balaban J connectivity index is 1.91. The van der Waals surface area contributed by atoms with Crippen LogP contribution in [0.3, 0.4) is 0 Å². The van der Waals surface area contributed by atoms with E-state index in [1.165, 1.54) is 58.0 Å². The average molecular weight is 197 g/mol. The van der Waals surface area contributed by atoms with E-state index in [9.17, 15) is 0 Å².